The van der Waals surface area contributed by atoms with Crippen LogP contribution in [0.15, 0.2) is 18.2 Å². The van der Waals surface area contributed by atoms with Gasteiger partial charge in [0.25, 0.3) is 5.91 Å². The lowest BCUT2D eigenvalue weighted by Crippen LogP contribution is -2.38. The molecule has 0 aromatic heterocycles. The molecule has 0 aliphatic carbocycles. The number of nitrogens with zero attached hydrogens (tertiary/aromatic N) is 1. The zero-order valence-electron chi connectivity index (χ0n) is 13.0. The fraction of sp³-hybridized carbons (Fsp3) is 0.471. The summed E-state index contributed by atoms with van der Waals surface area (Å²) in [6.45, 7) is 6.78. The van der Waals surface area contributed by atoms with E-state index in [2.05, 4.69) is 11.8 Å². The fourth-order valence-electron chi connectivity index (χ4n) is 2.14. The lowest BCUT2D eigenvalue weighted by molar-refractivity contribution is 0.0692. The number of carbonyl (C=O) groups is 1. The van der Waals surface area contributed by atoms with E-state index in [-0.39, 0.29) is 18.6 Å². The number of aliphatic hydroxyl groups is 1. The first-order valence-electron chi connectivity index (χ1n) is 7.23. The third kappa shape index (κ3) is 4.59. The van der Waals surface area contributed by atoms with Gasteiger partial charge in [0.2, 0.25) is 0 Å². The first-order valence-corrected chi connectivity index (χ1v) is 7.23. The molecule has 0 spiro atoms. The molecule has 0 fully saturated rings. The van der Waals surface area contributed by atoms with Crippen molar-refractivity contribution in [1.82, 2.24) is 4.90 Å². The van der Waals surface area contributed by atoms with Crippen LogP contribution in [0.25, 0.3) is 0 Å². The minimum atomic E-state index is -0.0210. The molecule has 0 atom stereocenters. The van der Waals surface area contributed by atoms with Crippen molar-refractivity contribution in [2.45, 2.75) is 33.2 Å². The van der Waals surface area contributed by atoms with Crippen molar-refractivity contribution in [3.8, 4) is 11.8 Å². The number of carbonyl (C=O) groups excluding carboxylic acids is 1. The Balaban J connectivity index is 3.10. The molecule has 3 N–H and O–H groups in total. The summed E-state index contributed by atoms with van der Waals surface area (Å²) in [5.74, 6) is 5.79. The van der Waals surface area contributed by atoms with Crippen LogP contribution in [0, 0.1) is 18.8 Å². The molecule has 1 rings (SSSR count). The summed E-state index contributed by atoms with van der Waals surface area (Å²) < 4.78 is 0. The number of amides is 1. The second-order valence-corrected chi connectivity index (χ2v) is 5.15. The van der Waals surface area contributed by atoms with Crippen molar-refractivity contribution in [3.05, 3.63) is 34.9 Å². The van der Waals surface area contributed by atoms with E-state index in [1.165, 1.54) is 0 Å². The van der Waals surface area contributed by atoms with Crippen LogP contribution in [0.3, 0.4) is 0 Å². The molecule has 1 amide bonds. The Hall–Kier alpha value is -1.83. The van der Waals surface area contributed by atoms with Crippen LogP contribution in [0.2, 0.25) is 0 Å². The van der Waals surface area contributed by atoms with Crippen LogP contribution in [0.4, 0.5) is 0 Å². The standard InChI is InChI=1S/C17H24N2O2/c1-13(2)19(11-6-12-20)17(21)16-9-4-7-15(14(16)3)8-5-10-18/h4,7,9,13,20H,6,10-12,18H2,1-3H3. The SMILES string of the molecule is Cc1c(C#CCN)cccc1C(=O)N(CCCO)C(C)C. The van der Waals surface area contributed by atoms with Gasteiger partial charge in [-0.1, -0.05) is 17.9 Å². The zero-order chi connectivity index (χ0) is 15.8. The van der Waals surface area contributed by atoms with E-state index in [1.807, 2.05) is 39.0 Å². The van der Waals surface area contributed by atoms with Crippen LogP contribution in [-0.2, 0) is 0 Å². The van der Waals surface area contributed by atoms with Crippen molar-refractivity contribution < 1.29 is 9.90 Å². The zero-order valence-corrected chi connectivity index (χ0v) is 13.0. The average Bonchev–Trinajstić information content (AvgIpc) is 2.46. The average molecular weight is 288 g/mol. The van der Waals surface area contributed by atoms with Crippen molar-refractivity contribution in [1.29, 1.82) is 0 Å². The van der Waals surface area contributed by atoms with Crippen molar-refractivity contribution in [3.63, 3.8) is 0 Å². The molecule has 0 aliphatic heterocycles. The van der Waals surface area contributed by atoms with E-state index in [9.17, 15) is 4.79 Å². The van der Waals surface area contributed by atoms with Gasteiger partial charge in [-0.05, 0) is 44.9 Å². The molecule has 0 heterocycles. The molecule has 0 saturated carbocycles. The van der Waals surface area contributed by atoms with Crippen LogP contribution < -0.4 is 5.73 Å². The smallest absolute Gasteiger partial charge is 0.254 e. The highest BCUT2D eigenvalue weighted by Crippen LogP contribution is 2.17. The maximum Gasteiger partial charge on any atom is 0.254 e. The third-order valence-electron chi connectivity index (χ3n) is 3.33. The number of hydrogen-bond donors (Lipinski definition) is 2. The van der Waals surface area contributed by atoms with Gasteiger partial charge in [0.1, 0.15) is 0 Å². The molecule has 0 radical (unpaired) electrons. The van der Waals surface area contributed by atoms with E-state index in [4.69, 9.17) is 10.8 Å². The van der Waals surface area contributed by atoms with Gasteiger partial charge in [0, 0.05) is 30.3 Å². The van der Waals surface area contributed by atoms with Gasteiger partial charge in [-0.3, -0.25) is 4.79 Å². The van der Waals surface area contributed by atoms with E-state index in [0.29, 0.717) is 25.1 Å². The van der Waals surface area contributed by atoms with Gasteiger partial charge in [-0.25, -0.2) is 0 Å². The van der Waals surface area contributed by atoms with Crippen LogP contribution in [-0.4, -0.2) is 41.7 Å². The van der Waals surface area contributed by atoms with Gasteiger partial charge in [-0.15, -0.1) is 0 Å². The minimum Gasteiger partial charge on any atom is -0.396 e. The van der Waals surface area contributed by atoms with Crippen molar-refractivity contribution >= 4 is 5.91 Å². The van der Waals surface area contributed by atoms with Gasteiger partial charge in [-0.2, -0.15) is 0 Å². The predicted octanol–water partition coefficient (Wildman–Crippen LogP) is 1.54. The van der Waals surface area contributed by atoms with Gasteiger partial charge >= 0.3 is 0 Å². The first-order chi connectivity index (χ1) is 10.0. The molecule has 114 valence electrons. The number of aliphatic hydroxyl groups excluding tert-OH is 1. The summed E-state index contributed by atoms with van der Waals surface area (Å²) in [5.41, 5.74) is 7.76. The second-order valence-electron chi connectivity index (χ2n) is 5.15. The van der Waals surface area contributed by atoms with Crippen LogP contribution in [0.1, 0.15) is 41.8 Å². The lowest BCUT2D eigenvalue weighted by atomic mass is 10.0. The Bertz CT molecular complexity index is 541. The number of benzene rings is 1. The molecule has 4 nitrogen and oxygen atoms in total. The fourth-order valence-corrected chi connectivity index (χ4v) is 2.14. The van der Waals surface area contributed by atoms with Gasteiger partial charge in [0.15, 0.2) is 0 Å². The maximum atomic E-state index is 12.7. The molecule has 4 heteroatoms. The van der Waals surface area contributed by atoms with Crippen molar-refractivity contribution in [2.24, 2.45) is 5.73 Å². The summed E-state index contributed by atoms with van der Waals surface area (Å²) in [7, 11) is 0. The largest absolute Gasteiger partial charge is 0.396 e. The molecular weight excluding hydrogens is 264 g/mol. The Kier molecular flexibility index (Phi) is 6.93. The molecular formula is C17H24N2O2. The molecule has 1 aromatic carbocycles. The molecule has 0 bridgehead atoms. The quantitative estimate of drug-likeness (QED) is 0.808. The Morgan fingerprint density at radius 3 is 2.71 bits per heavy atom. The number of hydrogen-bond acceptors (Lipinski definition) is 3. The summed E-state index contributed by atoms with van der Waals surface area (Å²) >= 11 is 0. The van der Waals surface area contributed by atoms with E-state index in [1.54, 1.807) is 4.90 Å². The van der Waals surface area contributed by atoms with E-state index >= 15 is 0 Å². The van der Waals surface area contributed by atoms with Crippen LogP contribution >= 0.6 is 0 Å². The molecule has 1 aromatic rings. The second kappa shape index (κ2) is 8.46. The molecule has 21 heavy (non-hydrogen) atoms. The molecule has 0 aliphatic rings. The summed E-state index contributed by atoms with van der Waals surface area (Å²) in [4.78, 5) is 14.5. The Morgan fingerprint density at radius 1 is 1.43 bits per heavy atom. The minimum absolute atomic E-state index is 0.0210. The van der Waals surface area contributed by atoms with Crippen LogP contribution in [0.5, 0.6) is 0 Å². The highest BCUT2D eigenvalue weighted by molar-refractivity contribution is 5.96. The number of rotatable bonds is 5. The molecule has 0 unspecified atom stereocenters. The maximum absolute atomic E-state index is 12.7. The lowest BCUT2D eigenvalue weighted by Gasteiger charge is -2.27. The summed E-state index contributed by atoms with van der Waals surface area (Å²) in [5, 5.41) is 8.98. The highest BCUT2D eigenvalue weighted by Gasteiger charge is 2.20. The summed E-state index contributed by atoms with van der Waals surface area (Å²) in [6.07, 6.45) is 0.579. The molecule has 0 saturated heterocycles. The van der Waals surface area contributed by atoms with Gasteiger partial charge in [0.05, 0.1) is 6.54 Å². The van der Waals surface area contributed by atoms with Crippen molar-refractivity contribution in [2.75, 3.05) is 19.7 Å². The topological polar surface area (TPSA) is 66.6 Å². The summed E-state index contributed by atoms with van der Waals surface area (Å²) in [6, 6.07) is 5.63. The van der Waals surface area contributed by atoms with Gasteiger partial charge < -0.3 is 15.7 Å². The Labute approximate surface area is 127 Å². The first kappa shape index (κ1) is 17.2. The predicted molar refractivity (Wildman–Crippen MR) is 85.0 cm³/mol. The highest BCUT2D eigenvalue weighted by atomic mass is 16.3. The third-order valence-corrected chi connectivity index (χ3v) is 3.33. The van der Waals surface area contributed by atoms with E-state index < -0.39 is 0 Å². The van der Waals surface area contributed by atoms with E-state index in [0.717, 1.165) is 11.1 Å². The normalized spacial score (nSPS) is 10.2. The monoisotopic (exact) mass is 288 g/mol. The Morgan fingerprint density at radius 2 is 2.14 bits per heavy atom. The number of nitrogens with two attached hydrogens (primary N) is 1.